The van der Waals surface area contributed by atoms with Gasteiger partial charge in [-0.1, -0.05) is 13.0 Å². The highest BCUT2D eigenvalue weighted by Gasteiger charge is 2.46. The lowest BCUT2D eigenvalue weighted by molar-refractivity contribution is -0.132. The number of rotatable bonds is 6. The molecule has 2 aliphatic heterocycles. The number of amides is 1. The molecule has 3 heterocycles. The summed E-state index contributed by atoms with van der Waals surface area (Å²) in [5, 5.41) is 12.6. The third-order valence-electron chi connectivity index (χ3n) is 7.42. The summed E-state index contributed by atoms with van der Waals surface area (Å²) >= 11 is 0. The fourth-order valence-corrected chi connectivity index (χ4v) is 5.53. The quantitative estimate of drug-likeness (QED) is 0.730. The van der Waals surface area contributed by atoms with Crippen LogP contribution in [0.5, 0.6) is 0 Å². The molecule has 172 valence electrons. The summed E-state index contributed by atoms with van der Waals surface area (Å²) < 4.78 is 26.9. The highest BCUT2D eigenvalue weighted by Crippen LogP contribution is 2.45. The van der Waals surface area contributed by atoms with Gasteiger partial charge >= 0.3 is 0 Å². The highest BCUT2D eigenvalue weighted by molar-refractivity contribution is 5.77. The molecule has 1 N–H and O–H groups in total. The summed E-state index contributed by atoms with van der Waals surface area (Å²) in [5.41, 5.74) is 1.79. The molecule has 1 aliphatic carbocycles. The second-order valence-electron chi connectivity index (χ2n) is 9.54. The standard InChI is InChI=1S/C25H27F2N5O/c1-16-10-20-14-31(15-23(16)32(20)19-4-8-29-18(12-19)13-28)24(33)5-9-30-25(6-7-25)17-2-3-21(26)22(27)11-17/h2-4,8,11-12,16,20,23,30H,5-7,9-10,14-15H2,1H3/t16-,20?,23?/m0/s1. The van der Waals surface area contributed by atoms with Crippen LogP contribution in [0.3, 0.4) is 0 Å². The van der Waals surface area contributed by atoms with Gasteiger partial charge in [-0.15, -0.1) is 0 Å². The van der Waals surface area contributed by atoms with Gasteiger partial charge in [0, 0.05) is 55.6 Å². The first kappa shape index (κ1) is 21.8. The van der Waals surface area contributed by atoms with Crippen LogP contribution in [0, 0.1) is 28.9 Å². The number of benzene rings is 1. The summed E-state index contributed by atoms with van der Waals surface area (Å²) in [6, 6.07) is 10.3. The van der Waals surface area contributed by atoms with Gasteiger partial charge in [-0.3, -0.25) is 4.79 Å². The molecule has 33 heavy (non-hydrogen) atoms. The van der Waals surface area contributed by atoms with Gasteiger partial charge in [0.2, 0.25) is 5.91 Å². The Labute approximate surface area is 192 Å². The molecule has 8 heteroatoms. The van der Waals surface area contributed by atoms with E-state index in [0.717, 1.165) is 36.6 Å². The predicted molar refractivity (Wildman–Crippen MR) is 119 cm³/mol. The first-order chi connectivity index (χ1) is 15.9. The molecule has 1 aromatic heterocycles. The van der Waals surface area contributed by atoms with E-state index < -0.39 is 11.6 Å². The summed E-state index contributed by atoms with van der Waals surface area (Å²) in [6.07, 6.45) is 4.75. The summed E-state index contributed by atoms with van der Waals surface area (Å²) in [4.78, 5) is 21.4. The number of hydrogen-bond acceptors (Lipinski definition) is 5. The van der Waals surface area contributed by atoms with Crippen LogP contribution in [0.2, 0.25) is 0 Å². The van der Waals surface area contributed by atoms with Crippen molar-refractivity contribution in [3.8, 4) is 6.07 Å². The lowest BCUT2D eigenvalue weighted by Gasteiger charge is -2.43. The molecule has 3 aliphatic rings. The molecule has 2 saturated heterocycles. The fraction of sp³-hybridized carbons (Fsp3) is 0.480. The third-order valence-corrected chi connectivity index (χ3v) is 7.42. The molecule has 3 fully saturated rings. The maximum Gasteiger partial charge on any atom is 0.223 e. The molecule has 5 rings (SSSR count). The maximum atomic E-state index is 13.7. The van der Waals surface area contributed by atoms with Crippen LogP contribution in [0.4, 0.5) is 14.5 Å². The Morgan fingerprint density at radius 2 is 2.06 bits per heavy atom. The van der Waals surface area contributed by atoms with Crippen LogP contribution in [0.15, 0.2) is 36.5 Å². The number of pyridine rings is 1. The van der Waals surface area contributed by atoms with E-state index in [1.807, 2.05) is 17.0 Å². The molecule has 6 nitrogen and oxygen atoms in total. The van der Waals surface area contributed by atoms with E-state index in [2.05, 4.69) is 28.2 Å². The van der Waals surface area contributed by atoms with Crippen molar-refractivity contribution >= 4 is 11.6 Å². The van der Waals surface area contributed by atoms with Crippen molar-refractivity contribution in [3.05, 3.63) is 59.4 Å². The average molecular weight is 452 g/mol. The van der Waals surface area contributed by atoms with E-state index in [-0.39, 0.29) is 23.5 Å². The minimum Gasteiger partial charge on any atom is -0.362 e. The van der Waals surface area contributed by atoms with E-state index in [0.29, 0.717) is 37.7 Å². The fourth-order valence-electron chi connectivity index (χ4n) is 5.53. The van der Waals surface area contributed by atoms with Crippen molar-refractivity contribution in [1.29, 1.82) is 5.26 Å². The van der Waals surface area contributed by atoms with Crippen molar-refractivity contribution in [2.75, 3.05) is 24.5 Å². The number of likely N-dealkylation sites (tertiary alicyclic amines) is 1. The largest absolute Gasteiger partial charge is 0.362 e. The highest BCUT2D eigenvalue weighted by atomic mass is 19.2. The third kappa shape index (κ3) is 4.06. The first-order valence-electron chi connectivity index (χ1n) is 11.5. The van der Waals surface area contributed by atoms with Crippen molar-refractivity contribution in [3.63, 3.8) is 0 Å². The van der Waals surface area contributed by atoms with Crippen LogP contribution in [-0.2, 0) is 10.3 Å². The van der Waals surface area contributed by atoms with Gasteiger partial charge in [0.25, 0.3) is 0 Å². The van der Waals surface area contributed by atoms with E-state index in [1.54, 1.807) is 12.3 Å². The topological polar surface area (TPSA) is 72.3 Å². The number of carbonyl (C=O) groups is 1. The number of anilines is 1. The molecule has 2 aromatic rings. The number of carbonyl (C=O) groups excluding carboxylic acids is 1. The number of fused-ring (bicyclic) bond motifs is 2. The molecule has 0 radical (unpaired) electrons. The van der Waals surface area contributed by atoms with Crippen molar-refractivity contribution in [2.45, 2.75) is 50.2 Å². The number of piperazine rings is 1. The van der Waals surface area contributed by atoms with Gasteiger partial charge in [-0.25, -0.2) is 13.8 Å². The Morgan fingerprint density at radius 3 is 2.76 bits per heavy atom. The van der Waals surface area contributed by atoms with Crippen molar-refractivity contribution in [1.82, 2.24) is 15.2 Å². The zero-order valence-electron chi connectivity index (χ0n) is 18.6. The van der Waals surface area contributed by atoms with Crippen LogP contribution < -0.4 is 10.2 Å². The number of nitrogens with one attached hydrogen (secondary N) is 1. The van der Waals surface area contributed by atoms with Gasteiger partial charge < -0.3 is 15.1 Å². The Morgan fingerprint density at radius 1 is 1.24 bits per heavy atom. The molecule has 3 atom stereocenters. The molecular formula is C25H27F2N5O. The Bertz CT molecular complexity index is 1110. The molecule has 0 spiro atoms. The van der Waals surface area contributed by atoms with Crippen LogP contribution >= 0.6 is 0 Å². The Balaban J connectivity index is 1.20. The monoisotopic (exact) mass is 451 g/mol. The molecule has 1 amide bonds. The number of aromatic nitrogens is 1. The van der Waals surface area contributed by atoms with Crippen LogP contribution in [0.25, 0.3) is 0 Å². The average Bonchev–Trinajstić information content (AvgIpc) is 3.57. The van der Waals surface area contributed by atoms with Gasteiger partial charge in [0.05, 0.1) is 0 Å². The number of hydrogen-bond donors (Lipinski definition) is 1. The van der Waals surface area contributed by atoms with Crippen molar-refractivity contribution < 1.29 is 13.6 Å². The minimum absolute atomic E-state index is 0.111. The van der Waals surface area contributed by atoms with Gasteiger partial charge in [-0.05, 0) is 55.0 Å². The molecule has 1 saturated carbocycles. The second-order valence-corrected chi connectivity index (χ2v) is 9.54. The van der Waals surface area contributed by atoms with Gasteiger partial charge in [0.1, 0.15) is 11.8 Å². The smallest absolute Gasteiger partial charge is 0.223 e. The molecule has 2 bridgehead atoms. The summed E-state index contributed by atoms with van der Waals surface area (Å²) in [6.45, 7) is 4.05. The van der Waals surface area contributed by atoms with Crippen LogP contribution in [-0.4, -0.2) is 47.5 Å². The zero-order chi connectivity index (χ0) is 23.2. The van der Waals surface area contributed by atoms with Gasteiger partial charge in [-0.2, -0.15) is 5.26 Å². The summed E-state index contributed by atoms with van der Waals surface area (Å²) in [5.74, 6) is -1.12. The lowest BCUT2D eigenvalue weighted by atomic mass is 10.0. The number of nitrogens with zero attached hydrogens (tertiary/aromatic N) is 4. The molecule has 2 unspecified atom stereocenters. The predicted octanol–water partition coefficient (Wildman–Crippen LogP) is 3.33. The van der Waals surface area contributed by atoms with Crippen LogP contribution in [0.1, 0.15) is 43.9 Å². The number of nitriles is 1. The van der Waals surface area contributed by atoms with E-state index in [1.165, 1.54) is 6.07 Å². The zero-order valence-corrected chi connectivity index (χ0v) is 18.6. The minimum atomic E-state index is -0.844. The van der Waals surface area contributed by atoms with Crippen molar-refractivity contribution in [2.24, 2.45) is 5.92 Å². The lowest BCUT2D eigenvalue weighted by Crippen LogP contribution is -2.56. The normalized spacial score (nSPS) is 25.1. The maximum absolute atomic E-state index is 13.7. The summed E-state index contributed by atoms with van der Waals surface area (Å²) in [7, 11) is 0. The van der Waals surface area contributed by atoms with E-state index >= 15 is 0 Å². The second kappa shape index (κ2) is 8.38. The van der Waals surface area contributed by atoms with E-state index in [4.69, 9.17) is 0 Å². The Kier molecular flexibility index (Phi) is 5.53. The number of halogens is 2. The first-order valence-corrected chi connectivity index (χ1v) is 11.5. The SMILES string of the molecule is C[C@H]1CC2CN(C(=O)CCNC3(c4ccc(F)c(F)c4)CC3)CC1N2c1ccnc(C#N)c1. The molecular weight excluding hydrogens is 424 g/mol. The Hall–Kier alpha value is -3.05. The van der Waals surface area contributed by atoms with Gasteiger partial charge in [0.15, 0.2) is 11.6 Å². The van der Waals surface area contributed by atoms with E-state index in [9.17, 15) is 18.8 Å². The molecule has 1 aromatic carbocycles.